The molecule has 1 aliphatic heterocycles. The highest BCUT2D eigenvalue weighted by atomic mass is 16.8. The van der Waals surface area contributed by atoms with Crippen LogP contribution in [0.5, 0.6) is 11.5 Å². The zero-order valence-electron chi connectivity index (χ0n) is 22.1. The standard InChI is InChI=1S/C31H24N4O2/c1-21-16-17-32-31(18-21)34-27-11-4-3-10-25(27)26-15-14-24(20-30(26)34)36-23-9-7-8-22(19-23)35-29-13-6-5-12-28(29)33(2)37-35/h3-20H,1-2H3/i2D2. The van der Waals surface area contributed by atoms with Crippen LogP contribution < -0.4 is 14.9 Å². The number of aryl methyl sites for hydroxylation is 1. The molecule has 0 aliphatic carbocycles. The lowest BCUT2D eigenvalue weighted by Crippen LogP contribution is -2.20. The third-order valence-corrected chi connectivity index (χ3v) is 6.57. The van der Waals surface area contributed by atoms with E-state index in [1.165, 1.54) is 5.06 Å². The second-order valence-corrected chi connectivity index (χ2v) is 9.01. The summed E-state index contributed by atoms with van der Waals surface area (Å²) in [6.07, 6.45) is 1.83. The molecule has 0 amide bonds. The lowest BCUT2D eigenvalue weighted by atomic mass is 10.1. The second-order valence-electron chi connectivity index (χ2n) is 9.01. The lowest BCUT2D eigenvalue weighted by molar-refractivity contribution is 0.142. The minimum atomic E-state index is -1.31. The van der Waals surface area contributed by atoms with Gasteiger partial charge in [-0.1, -0.05) is 36.4 Å². The monoisotopic (exact) mass is 486 g/mol. The van der Waals surface area contributed by atoms with Gasteiger partial charge in [0.1, 0.15) is 17.3 Å². The number of hydroxylamine groups is 1. The van der Waals surface area contributed by atoms with Crippen LogP contribution in [0.3, 0.4) is 0 Å². The van der Waals surface area contributed by atoms with Crippen LogP contribution in [0.15, 0.2) is 109 Å². The van der Waals surface area contributed by atoms with E-state index in [0.29, 0.717) is 17.2 Å². The summed E-state index contributed by atoms with van der Waals surface area (Å²) >= 11 is 0. The van der Waals surface area contributed by atoms with Gasteiger partial charge in [-0.15, -0.1) is 4.94 Å². The summed E-state index contributed by atoms with van der Waals surface area (Å²) in [6, 6.07) is 33.6. The van der Waals surface area contributed by atoms with Gasteiger partial charge < -0.3 is 4.74 Å². The molecule has 0 atom stereocenters. The number of ether oxygens (including phenoxy) is 1. The zero-order valence-corrected chi connectivity index (χ0v) is 20.1. The fourth-order valence-corrected chi connectivity index (χ4v) is 4.90. The van der Waals surface area contributed by atoms with Crippen molar-refractivity contribution in [1.29, 1.82) is 0 Å². The van der Waals surface area contributed by atoms with Crippen LogP contribution in [-0.4, -0.2) is 16.6 Å². The van der Waals surface area contributed by atoms with Gasteiger partial charge in [-0.3, -0.25) is 4.57 Å². The summed E-state index contributed by atoms with van der Waals surface area (Å²) in [5.41, 5.74) is 5.38. The molecule has 0 bridgehead atoms. The molecule has 0 saturated heterocycles. The van der Waals surface area contributed by atoms with E-state index >= 15 is 0 Å². The van der Waals surface area contributed by atoms with Gasteiger partial charge in [-0.25, -0.2) is 10.0 Å². The minimum Gasteiger partial charge on any atom is -0.457 e. The maximum atomic E-state index is 7.86. The van der Waals surface area contributed by atoms with Crippen molar-refractivity contribution in [2.75, 3.05) is 17.1 Å². The van der Waals surface area contributed by atoms with Gasteiger partial charge in [0, 0.05) is 38.8 Å². The predicted octanol–water partition coefficient (Wildman–Crippen LogP) is 7.71. The molecule has 0 N–H and O–H groups in total. The van der Waals surface area contributed by atoms with Gasteiger partial charge in [-0.05, 0) is 67.1 Å². The van der Waals surface area contributed by atoms with E-state index in [1.807, 2.05) is 79.0 Å². The molecule has 6 nitrogen and oxygen atoms in total. The highest BCUT2D eigenvalue weighted by molar-refractivity contribution is 6.09. The number of benzene rings is 4. The Morgan fingerprint density at radius 1 is 0.757 bits per heavy atom. The van der Waals surface area contributed by atoms with Gasteiger partial charge in [0.05, 0.1) is 28.1 Å². The van der Waals surface area contributed by atoms with E-state index in [0.717, 1.165) is 44.6 Å². The van der Waals surface area contributed by atoms with E-state index in [1.54, 1.807) is 5.06 Å². The predicted molar refractivity (Wildman–Crippen MR) is 148 cm³/mol. The first kappa shape index (κ1) is 19.4. The highest BCUT2D eigenvalue weighted by Gasteiger charge is 2.26. The van der Waals surface area contributed by atoms with Gasteiger partial charge in [0.15, 0.2) is 0 Å². The Balaban J connectivity index is 1.27. The molecular formula is C31H24N4O2. The normalized spacial score (nSPS) is 13.8. The Hall–Kier alpha value is -4.81. The summed E-state index contributed by atoms with van der Waals surface area (Å²) in [4.78, 5) is 10.5. The number of aromatic nitrogens is 2. The fraction of sp³-hybridized carbons (Fsp3) is 0.0645. The number of hydrogen-bond acceptors (Lipinski definition) is 5. The summed E-state index contributed by atoms with van der Waals surface area (Å²) in [5, 5.41) is 5.15. The summed E-state index contributed by atoms with van der Waals surface area (Å²) in [6.45, 7) is 0.758. The molecular weight excluding hydrogens is 460 g/mol. The second kappa shape index (κ2) is 8.40. The average Bonchev–Trinajstić information content (AvgIpc) is 3.50. The van der Waals surface area contributed by atoms with E-state index in [9.17, 15) is 0 Å². The molecule has 6 heteroatoms. The molecule has 6 aromatic rings. The zero-order chi connectivity index (χ0) is 26.5. The Morgan fingerprint density at radius 2 is 1.57 bits per heavy atom. The van der Waals surface area contributed by atoms with E-state index < -0.39 is 7.00 Å². The smallest absolute Gasteiger partial charge is 0.137 e. The Labute approximate surface area is 217 Å². The molecule has 7 rings (SSSR count). The molecule has 4 aromatic carbocycles. The van der Waals surface area contributed by atoms with Crippen molar-refractivity contribution in [2.24, 2.45) is 0 Å². The summed E-state index contributed by atoms with van der Waals surface area (Å²) < 4.78 is 24.2. The van der Waals surface area contributed by atoms with E-state index in [2.05, 4.69) is 46.8 Å². The number of nitrogens with zero attached hydrogens (tertiary/aromatic N) is 4. The third-order valence-electron chi connectivity index (χ3n) is 6.57. The third kappa shape index (κ3) is 3.58. The van der Waals surface area contributed by atoms with Crippen molar-refractivity contribution < 1.29 is 12.4 Å². The Bertz CT molecular complexity index is 1850. The molecule has 0 unspecified atom stereocenters. The average molecular weight is 487 g/mol. The number of para-hydroxylation sites is 3. The van der Waals surface area contributed by atoms with Crippen molar-refractivity contribution in [3.05, 3.63) is 115 Å². The highest BCUT2D eigenvalue weighted by Crippen LogP contribution is 2.42. The summed E-state index contributed by atoms with van der Waals surface area (Å²) in [7, 11) is 0. The van der Waals surface area contributed by atoms with Crippen molar-refractivity contribution in [3.8, 4) is 17.3 Å². The fourth-order valence-electron chi connectivity index (χ4n) is 4.90. The maximum Gasteiger partial charge on any atom is 0.137 e. The maximum absolute atomic E-state index is 7.86. The van der Waals surface area contributed by atoms with Gasteiger partial charge in [0.2, 0.25) is 0 Å². The molecule has 0 fully saturated rings. The molecule has 3 heterocycles. The minimum absolute atomic E-state index is 0.635. The Morgan fingerprint density at radius 3 is 2.46 bits per heavy atom. The van der Waals surface area contributed by atoms with Gasteiger partial charge in [-0.2, -0.15) is 5.06 Å². The molecule has 2 aromatic heterocycles. The quantitative estimate of drug-likeness (QED) is 0.255. The van der Waals surface area contributed by atoms with Crippen LogP contribution in [0, 0.1) is 6.92 Å². The molecule has 180 valence electrons. The van der Waals surface area contributed by atoms with Gasteiger partial charge in [0.25, 0.3) is 0 Å². The summed E-state index contributed by atoms with van der Waals surface area (Å²) in [5.74, 6) is 2.19. The first-order valence-electron chi connectivity index (χ1n) is 13.2. The number of fused-ring (bicyclic) bond motifs is 4. The van der Waals surface area contributed by atoms with Crippen LogP contribution in [0.25, 0.3) is 27.6 Å². The van der Waals surface area contributed by atoms with Crippen molar-refractivity contribution in [1.82, 2.24) is 9.55 Å². The SMILES string of the molecule is [2H]C([2H])N1ON(c2cccc(Oc3ccc4c5ccccc5n(-c5cc(C)ccn5)c4c3)c2)c2ccccc21. The van der Waals surface area contributed by atoms with E-state index in [-0.39, 0.29) is 0 Å². The van der Waals surface area contributed by atoms with Crippen molar-refractivity contribution in [3.63, 3.8) is 0 Å². The van der Waals surface area contributed by atoms with Crippen LogP contribution in [-0.2, 0) is 4.94 Å². The molecule has 0 saturated carbocycles. The lowest BCUT2D eigenvalue weighted by Gasteiger charge is -2.18. The molecule has 37 heavy (non-hydrogen) atoms. The number of anilines is 3. The van der Waals surface area contributed by atoms with Crippen LogP contribution in [0.1, 0.15) is 8.30 Å². The first-order chi connectivity index (χ1) is 19.1. The van der Waals surface area contributed by atoms with Crippen molar-refractivity contribution in [2.45, 2.75) is 6.92 Å². The van der Waals surface area contributed by atoms with Crippen LogP contribution in [0.4, 0.5) is 17.1 Å². The Kier molecular flexibility index (Phi) is 4.40. The molecule has 0 radical (unpaired) electrons. The van der Waals surface area contributed by atoms with Crippen LogP contribution in [0.2, 0.25) is 0 Å². The van der Waals surface area contributed by atoms with Crippen LogP contribution >= 0.6 is 0 Å². The van der Waals surface area contributed by atoms with Crippen molar-refractivity contribution >= 4 is 38.9 Å². The first-order valence-corrected chi connectivity index (χ1v) is 12.0. The van der Waals surface area contributed by atoms with E-state index in [4.69, 9.17) is 12.4 Å². The molecule has 0 spiro atoms. The topological polar surface area (TPSA) is 42.8 Å². The largest absolute Gasteiger partial charge is 0.457 e. The number of hydrogen-bond donors (Lipinski definition) is 0. The number of rotatable bonds is 4. The van der Waals surface area contributed by atoms with Gasteiger partial charge >= 0.3 is 0 Å². The number of pyridine rings is 1. The molecule has 1 aliphatic rings.